The number of alkyl halides is 6. The van der Waals surface area contributed by atoms with E-state index in [4.69, 9.17) is 9.84 Å². The zero-order valence-electron chi connectivity index (χ0n) is 18.0. The van der Waals surface area contributed by atoms with Gasteiger partial charge in [-0.2, -0.15) is 30.7 Å². The first-order valence-corrected chi connectivity index (χ1v) is 10.7. The molecule has 0 saturated carbocycles. The number of benzene rings is 2. The van der Waals surface area contributed by atoms with Gasteiger partial charge in [-0.05, 0) is 60.6 Å². The lowest BCUT2D eigenvalue weighted by atomic mass is 10.0. The minimum atomic E-state index is -4.79. The molecule has 0 aliphatic heterocycles. The van der Waals surface area contributed by atoms with Crippen molar-refractivity contribution in [3.8, 4) is 16.2 Å². The number of hydrogen-bond donors (Lipinski definition) is 1. The average Bonchev–Trinajstić information content (AvgIpc) is 3.14. The van der Waals surface area contributed by atoms with Crippen LogP contribution in [0.15, 0.2) is 36.4 Å². The lowest BCUT2D eigenvalue weighted by Gasteiger charge is -2.16. The van der Waals surface area contributed by atoms with Gasteiger partial charge in [0.1, 0.15) is 12.4 Å². The Balaban J connectivity index is 1.97. The van der Waals surface area contributed by atoms with E-state index < -0.39 is 42.6 Å². The molecule has 0 aliphatic carbocycles. The number of aliphatic carboxylic acids is 1. The molecule has 11 heteroatoms. The largest absolute Gasteiger partial charge is 0.489 e. The van der Waals surface area contributed by atoms with Gasteiger partial charge >= 0.3 is 18.3 Å². The first-order valence-electron chi connectivity index (χ1n) is 9.95. The second-order valence-corrected chi connectivity index (χ2v) is 8.43. The summed E-state index contributed by atoms with van der Waals surface area (Å²) < 4.78 is 90.1. The van der Waals surface area contributed by atoms with Crippen molar-refractivity contribution in [3.63, 3.8) is 0 Å². The van der Waals surface area contributed by atoms with Crippen LogP contribution in [0.5, 0.6) is 5.75 Å². The van der Waals surface area contributed by atoms with E-state index in [9.17, 15) is 31.1 Å². The molecule has 0 unspecified atom stereocenters. The Bertz CT molecular complexity index is 1200. The highest BCUT2D eigenvalue weighted by atomic mass is 32.1. The van der Waals surface area contributed by atoms with Crippen molar-refractivity contribution >= 4 is 17.5 Å². The fourth-order valence-corrected chi connectivity index (χ4v) is 4.46. The molecule has 3 aromatic rings. The third kappa shape index (κ3) is 5.88. The molecule has 1 aromatic heterocycles. The molecule has 2 aromatic carbocycles. The summed E-state index contributed by atoms with van der Waals surface area (Å²) in [5.41, 5.74) is -0.596. The van der Waals surface area contributed by atoms with Gasteiger partial charge in [-0.1, -0.05) is 29.8 Å². The number of carboxylic acid groups (broad SMARTS) is 1. The molecule has 0 bridgehead atoms. The average molecular weight is 503 g/mol. The Morgan fingerprint density at radius 1 is 1.03 bits per heavy atom. The maximum absolute atomic E-state index is 13.6. The number of hydrogen-bond acceptors (Lipinski definition) is 4. The topological polar surface area (TPSA) is 59.4 Å². The fourth-order valence-electron chi connectivity index (χ4n) is 3.47. The molecule has 0 saturated heterocycles. The molecular weight excluding hydrogens is 484 g/mol. The normalized spacial score (nSPS) is 12.1. The van der Waals surface area contributed by atoms with Crippen LogP contribution in [0.4, 0.5) is 26.3 Å². The van der Waals surface area contributed by atoms with Gasteiger partial charge in [0.25, 0.3) is 0 Å². The van der Waals surface area contributed by atoms with Crippen LogP contribution in [0.3, 0.4) is 0 Å². The summed E-state index contributed by atoms with van der Waals surface area (Å²) in [5.74, 6) is -1.55. The van der Waals surface area contributed by atoms with Crippen LogP contribution in [0.2, 0.25) is 0 Å². The number of nitrogens with zero attached hydrogens (tertiary/aromatic N) is 1. The Labute approximate surface area is 195 Å². The van der Waals surface area contributed by atoms with Gasteiger partial charge in [0.2, 0.25) is 0 Å². The van der Waals surface area contributed by atoms with Crippen molar-refractivity contribution in [2.45, 2.75) is 45.6 Å². The number of carbonyl (C=O) groups is 1. The molecule has 4 nitrogen and oxygen atoms in total. The number of carboxylic acids is 1. The molecule has 34 heavy (non-hydrogen) atoms. The van der Waals surface area contributed by atoms with Crippen LogP contribution in [0.1, 0.15) is 39.9 Å². The zero-order chi connectivity index (χ0) is 25.3. The van der Waals surface area contributed by atoms with E-state index in [1.54, 1.807) is 25.1 Å². The van der Waals surface area contributed by atoms with Crippen molar-refractivity contribution in [1.82, 2.24) is 4.37 Å². The van der Waals surface area contributed by atoms with E-state index in [-0.39, 0.29) is 28.2 Å². The van der Waals surface area contributed by atoms with E-state index in [0.717, 1.165) is 17.2 Å². The van der Waals surface area contributed by atoms with Crippen LogP contribution in [0.25, 0.3) is 10.4 Å². The van der Waals surface area contributed by atoms with Crippen molar-refractivity contribution in [2.24, 2.45) is 0 Å². The second kappa shape index (κ2) is 9.65. The fraction of sp³-hybridized carbons (Fsp3) is 0.304. The van der Waals surface area contributed by atoms with Gasteiger partial charge < -0.3 is 9.84 Å². The Kier molecular flexibility index (Phi) is 7.25. The smallest absolute Gasteiger partial charge is 0.434 e. The maximum Gasteiger partial charge on any atom is 0.434 e. The molecule has 0 amide bonds. The van der Waals surface area contributed by atoms with Crippen molar-refractivity contribution in [1.29, 1.82) is 0 Å². The van der Waals surface area contributed by atoms with E-state index in [1.807, 2.05) is 6.92 Å². The van der Waals surface area contributed by atoms with Gasteiger partial charge in [-0.15, -0.1) is 0 Å². The lowest BCUT2D eigenvalue weighted by molar-refractivity contribution is -0.141. The number of rotatable bonds is 7. The van der Waals surface area contributed by atoms with E-state index >= 15 is 0 Å². The van der Waals surface area contributed by atoms with Gasteiger partial charge in [0.15, 0.2) is 5.69 Å². The van der Waals surface area contributed by atoms with E-state index in [0.29, 0.717) is 23.2 Å². The first-order chi connectivity index (χ1) is 15.8. The molecule has 0 aliphatic rings. The minimum absolute atomic E-state index is 0.221. The summed E-state index contributed by atoms with van der Waals surface area (Å²) in [6.45, 7) is 2.93. The summed E-state index contributed by atoms with van der Waals surface area (Å²) >= 11 is 0.645. The molecule has 3 rings (SSSR count). The standard InChI is InChI=1S/C23H19F6NO3S/c1-12-3-7-16(13(2)9-12)20-17(21(30-34-20)23(27,28)29)11-33-15-6-4-14(5-8-19(31)32)18(10-15)22(24,25)26/h3-4,6-7,9-10H,5,8,11H2,1-2H3,(H,31,32). The molecule has 0 spiro atoms. The highest BCUT2D eigenvalue weighted by Gasteiger charge is 2.39. The highest BCUT2D eigenvalue weighted by molar-refractivity contribution is 7.09. The van der Waals surface area contributed by atoms with Crippen molar-refractivity contribution < 1.29 is 41.0 Å². The Morgan fingerprint density at radius 3 is 2.32 bits per heavy atom. The molecular formula is C23H19F6NO3S. The third-order valence-corrected chi connectivity index (χ3v) is 5.98. The number of ether oxygens (including phenoxy) is 1. The molecule has 0 radical (unpaired) electrons. The number of aryl methyl sites for hydroxylation is 3. The van der Waals surface area contributed by atoms with Crippen LogP contribution < -0.4 is 4.74 Å². The Hall–Kier alpha value is -3.08. The van der Waals surface area contributed by atoms with E-state index in [2.05, 4.69) is 4.37 Å². The van der Waals surface area contributed by atoms with Gasteiger partial charge in [-0.25, -0.2) is 0 Å². The lowest BCUT2D eigenvalue weighted by Crippen LogP contribution is -2.12. The maximum atomic E-state index is 13.6. The highest BCUT2D eigenvalue weighted by Crippen LogP contribution is 2.41. The van der Waals surface area contributed by atoms with Crippen molar-refractivity contribution in [3.05, 3.63) is 69.9 Å². The summed E-state index contributed by atoms with van der Waals surface area (Å²) in [6, 6.07) is 8.13. The van der Waals surface area contributed by atoms with Gasteiger partial charge in [0, 0.05) is 12.0 Å². The molecule has 182 valence electrons. The summed E-state index contributed by atoms with van der Waals surface area (Å²) in [4.78, 5) is 11.0. The van der Waals surface area contributed by atoms with Crippen molar-refractivity contribution in [2.75, 3.05) is 0 Å². The zero-order valence-corrected chi connectivity index (χ0v) is 18.8. The van der Waals surface area contributed by atoms with Crippen LogP contribution in [-0.2, 0) is 30.2 Å². The molecule has 0 atom stereocenters. The van der Waals surface area contributed by atoms with Gasteiger partial charge in [0.05, 0.1) is 10.4 Å². The molecule has 1 heterocycles. The third-order valence-electron chi connectivity index (χ3n) is 5.06. The molecule has 1 N–H and O–H groups in total. The predicted octanol–water partition coefficient (Wildman–Crippen LogP) is 7.06. The van der Waals surface area contributed by atoms with Crippen LogP contribution >= 0.6 is 11.5 Å². The summed E-state index contributed by atoms with van der Waals surface area (Å²) in [5, 5.41) is 8.76. The Morgan fingerprint density at radius 2 is 1.74 bits per heavy atom. The second-order valence-electron chi connectivity index (χ2n) is 7.65. The predicted molar refractivity (Wildman–Crippen MR) is 114 cm³/mol. The summed E-state index contributed by atoms with van der Waals surface area (Å²) in [6.07, 6.45) is -10.4. The minimum Gasteiger partial charge on any atom is -0.489 e. The van der Waals surface area contributed by atoms with E-state index in [1.165, 1.54) is 6.07 Å². The monoisotopic (exact) mass is 503 g/mol. The SMILES string of the molecule is Cc1ccc(-c2snc(C(F)(F)F)c2COc2ccc(CCC(=O)O)c(C(F)(F)F)c2)c(C)c1. The van der Waals surface area contributed by atoms with Crippen LogP contribution in [-0.4, -0.2) is 15.4 Å². The quantitative estimate of drug-likeness (QED) is 0.351. The van der Waals surface area contributed by atoms with Gasteiger partial charge in [-0.3, -0.25) is 4.79 Å². The first kappa shape index (κ1) is 25.5. The molecule has 0 fully saturated rings. The number of halogens is 6. The number of aromatic nitrogens is 1. The summed E-state index contributed by atoms with van der Waals surface area (Å²) in [7, 11) is 0. The van der Waals surface area contributed by atoms with Crippen LogP contribution in [0, 0.1) is 13.8 Å².